The van der Waals surface area contributed by atoms with Crippen molar-refractivity contribution in [2.45, 2.75) is 70.1 Å². The molecule has 5 rings (SSSR count). The molecule has 8 heteroatoms. The van der Waals surface area contributed by atoms with Crippen LogP contribution in [0.25, 0.3) is 0 Å². The minimum absolute atomic E-state index is 0.0349. The highest BCUT2D eigenvalue weighted by atomic mass is 32.2. The Balaban J connectivity index is 1.30. The summed E-state index contributed by atoms with van der Waals surface area (Å²) in [6, 6.07) is 5.49. The Morgan fingerprint density at radius 2 is 1.71 bits per heavy atom. The molecule has 3 fully saturated rings. The lowest BCUT2D eigenvalue weighted by Gasteiger charge is -2.57. The van der Waals surface area contributed by atoms with E-state index in [1.807, 2.05) is 0 Å². The third-order valence-electron chi connectivity index (χ3n) is 9.43. The van der Waals surface area contributed by atoms with Crippen LogP contribution in [0.3, 0.4) is 0 Å². The van der Waals surface area contributed by atoms with Gasteiger partial charge in [0.25, 0.3) is 5.91 Å². The van der Waals surface area contributed by atoms with Gasteiger partial charge in [-0.25, -0.2) is 19.0 Å². The van der Waals surface area contributed by atoms with E-state index in [9.17, 15) is 18.0 Å². The van der Waals surface area contributed by atoms with E-state index in [1.54, 1.807) is 0 Å². The van der Waals surface area contributed by atoms with E-state index in [4.69, 9.17) is 5.14 Å². The maximum Gasteiger partial charge on any atom is 0.271 e. The molecule has 34 heavy (non-hydrogen) atoms. The van der Waals surface area contributed by atoms with Crippen LogP contribution in [0.15, 0.2) is 45.9 Å². The third-order valence-corrected chi connectivity index (χ3v) is 10.4. The van der Waals surface area contributed by atoms with Crippen LogP contribution in [0, 0.1) is 28.6 Å². The maximum atomic E-state index is 12.6. The Hall–Kier alpha value is -2.32. The number of ketones is 1. The number of nitrogens with one attached hydrogen (secondary N) is 1. The first kappa shape index (κ1) is 23.4. The van der Waals surface area contributed by atoms with Crippen LogP contribution < -0.4 is 10.6 Å². The number of Topliss-reactive ketones (excluding diaryl/α,β-unsaturated/α-hetero) is 1. The average molecular weight is 484 g/mol. The zero-order valence-electron chi connectivity index (χ0n) is 19.8. The molecule has 4 aliphatic carbocycles. The summed E-state index contributed by atoms with van der Waals surface area (Å²) in [5.74, 6) is 1.87. The predicted molar refractivity (Wildman–Crippen MR) is 129 cm³/mol. The Morgan fingerprint density at radius 1 is 1.00 bits per heavy atom. The number of carbonyl (C=O) groups is 2. The Labute approximate surface area is 201 Å². The van der Waals surface area contributed by atoms with Crippen LogP contribution >= 0.6 is 0 Å². The molecule has 0 heterocycles. The van der Waals surface area contributed by atoms with Gasteiger partial charge in [-0.15, -0.1) is 0 Å². The minimum atomic E-state index is -3.80. The molecule has 4 aliphatic rings. The number of rotatable bonds is 3. The van der Waals surface area contributed by atoms with Crippen LogP contribution in [-0.4, -0.2) is 25.8 Å². The van der Waals surface area contributed by atoms with E-state index >= 15 is 0 Å². The molecule has 7 nitrogen and oxygen atoms in total. The van der Waals surface area contributed by atoms with Crippen molar-refractivity contribution < 1.29 is 18.0 Å². The molecule has 1 aromatic rings. The van der Waals surface area contributed by atoms with Crippen molar-refractivity contribution in [3.8, 4) is 0 Å². The molecule has 5 atom stereocenters. The standard InChI is InChI=1S/C26H33N3O4S/c1-25-13-11-18(28-29-24(31)16-3-6-19(7-4-16)34(27,32)33)15-17(25)5-8-20-21-9-10-23(30)26(21,2)14-12-22(20)25/h3-4,6-7,15,20-22H,5,8-14H2,1-2H3,(H,29,31)(H2,27,32,33)/b28-18+/t20-,21-,22+,25-,26+/m1/s1. The van der Waals surface area contributed by atoms with Crippen molar-refractivity contribution in [1.29, 1.82) is 0 Å². The number of hydrogen-bond donors (Lipinski definition) is 2. The number of sulfonamides is 1. The normalized spacial score (nSPS) is 36.3. The van der Waals surface area contributed by atoms with Gasteiger partial charge in [0.2, 0.25) is 10.0 Å². The molecule has 0 radical (unpaired) electrons. The van der Waals surface area contributed by atoms with Gasteiger partial charge in [-0.1, -0.05) is 19.4 Å². The predicted octanol–water partition coefficient (Wildman–Crippen LogP) is 3.95. The van der Waals surface area contributed by atoms with E-state index < -0.39 is 10.0 Å². The SMILES string of the molecule is C[C@]12CC[C@H]3[C@H](CCC4=C/C(=N/NC(=O)c5ccc(S(N)(=O)=O)cc5)CC[C@]43C)[C@H]1CCC2=O. The van der Waals surface area contributed by atoms with E-state index in [1.165, 1.54) is 29.8 Å². The van der Waals surface area contributed by atoms with Crippen molar-refractivity contribution >= 4 is 27.4 Å². The molecule has 0 aliphatic heterocycles. The first-order valence-corrected chi connectivity index (χ1v) is 13.8. The first-order chi connectivity index (χ1) is 16.0. The largest absolute Gasteiger partial charge is 0.299 e. The van der Waals surface area contributed by atoms with Crippen LogP contribution in [0.4, 0.5) is 0 Å². The molecule has 1 amide bonds. The van der Waals surface area contributed by atoms with Crippen molar-refractivity contribution in [1.82, 2.24) is 5.43 Å². The second kappa shape index (κ2) is 8.12. The summed E-state index contributed by atoms with van der Waals surface area (Å²) in [5.41, 5.74) is 5.28. The molecule has 0 bridgehead atoms. The van der Waals surface area contributed by atoms with Gasteiger partial charge in [0, 0.05) is 17.4 Å². The molecule has 3 saturated carbocycles. The lowest BCUT2D eigenvalue weighted by molar-refractivity contribution is -0.132. The van der Waals surface area contributed by atoms with E-state index in [-0.39, 0.29) is 21.6 Å². The van der Waals surface area contributed by atoms with Gasteiger partial charge in [0.1, 0.15) is 5.78 Å². The number of primary sulfonamides is 1. The zero-order valence-corrected chi connectivity index (χ0v) is 20.7. The van der Waals surface area contributed by atoms with Crippen LogP contribution in [0.2, 0.25) is 0 Å². The van der Waals surface area contributed by atoms with Crippen molar-refractivity contribution in [3.63, 3.8) is 0 Å². The van der Waals surface area contributed by atoms with Crippen molar-refractivity contribution in [2.75, 3.05) is 0 Å². The second-order valence-electron chi connectivity index (χ2n) is 11.0. The van der Waals surface area contributed by atoms with Gasteiger partial charge in [0.15, 0.2) is 0 Å². The molecule has 182 valence electrons. The fraction of sp³-hybridized carbons (Fsp3) is 0.577. The number of allylic oxidation sites excluding steroid dienone is 2. The number of hydrogen-bond acceptors (Lipinski definition) is 5. The summed E-state index contributed by atoms with van der Waals surface area (Å²) in [6.07, 6.45) is 10.1. The molecule has 1 aromatic carbocycles. The van der Waals surface area contributed by atoms with Crippen LogP contribution in [-0.2, 0) is 14.8 Å². The maximum absolute atomic E-state index is 12.6. The highest BCUT2D eigenvalue weighted by Gasteiger charge is 2.58. The summed E-state index contributed by atoms with van der Waals surface area (Å²) in [7, 11) is -3.80. The molecular formula is C26H33N3O4S. The minimum Gasteiger partial charge on any atom is -0.299 e. The Kier molecular flexibility index (Phi) is 5.60. The monoisotopic (exact) mass is 483 g/mol. The zero-order chi connectivity index (χ0) is 24.3. The Morgan fingerprint density at radius 3 is 2.41 bits per heavy atom. The smallest absolute Gasteiger partial charge is 0.271 e. The van der Waals surface area contributed by atoms with Crippen molar-refractivity contribution in [2.24, 2.45) is 38.8 Å². The molecular weight excluding hydrogens is 450 g/mol. The van der Waals surface area contributed by atoms with Gasteiger partial charge >= 0.3 is 0 Å². The van der Waals surface area contributed by atoms with Crippen LogP contribution in [0.1, 0.15) is 75.6 Å². The van der Waals surface area contributed by atoms with E-state index in [0.29, 0.717) is 29.1 Å². The lowest BCUT2D eigenvalue weighted by Crippen LogP contribution is -2.50. The molecule has 0 spiro atoms. The highest BCUT2D eigenvalue weighted by molar-refractivity contribution is 7.89. The topological polar surface area (TPSA) is 119 Å². The summed E-state index contributed by atoms with van der Waals surface area (Å²) in [6.45, 7) is 4.62. The number of carbonyl (C=O) groups excluding carboxylic acids is 2. The number of fused-ring (bicyclic) bond motifs is 5. The molecule has 0 saturated heterocycles. The second-order valence-corrected chi connectivity index (χ2v) is 12.6. The summed E-state index contributed by atoms with van der Waals surface area (Å²) in [5, 5.41) is 9.49. The number of nitrogens with two attached hydrogens (primary N) is 1. The summed E-state index contributed by atoms with van der Waals surface area (Å²) < 4.78 is 22.8. The van der Waals surface area contributed by atoms with Gasteiger partial charge < -0.3 is 0 Å². The van der Waals surface area contributed by atoms with Gasteiger partial charge in [0.05, 0.1) is 10.6 Å². The van der Waals surface area contributed by atoms with Gasteiger partial charge in [-0.3, -0.25) is 9.59 Å². The number of hydrazone groups is 1. The number of amides is 1. The molecule has 0 unspecified atom stereocenters. The highest BCUT2D eigenvalue weighted by Crippen LogP contribution is 2.64. The molecule has 0 aromatic heterocycles. The van der Waals surface area contributed by atoms with Gasteiger partial charge in [-0.2, -0.15) is 5.10 Å². The quantitative estimate of drug-likeness (QED) is 0.633. The van der Waals surface area contributed by atoms with Gasteiger partial charge in [-0.05, 0) is 98.5 Å². The van der Waals surface area contributed by atoms with Crippen LogP contribution in [0.5, 0.6) is 0 Å². The summed E-state index contributed by atoms with van der Waals surface area (Å²) >= 11 is 0. The van der Waals surface area contributed by atoms with E-state index in [0.717, 1.165) is 57.1 Å². The third kappa shape index (κ3) is 3.75. The number of benzene rings is 1. The molecule has 3 N–H and O–H groups in total. The summed E-state index contributed by atoms with van der Waals surface area (Å²) in [4.78, 5) is 25.1. The fourth-order valence-electron chi connectivity index (χ4n) is 7.41. The van der Waals surface area contributed by atoms with Crippen molar-refractivity contribution in [3.05, 3.63) is 41.5 Å². The fourth-order valence-corrected chi connectivity index (χ4v) is 7.93. The first-order valence-electron chi connectivity index (χ1n) is 12.3. The lowest BCUT2D eigenvalue weighted by atomic mass is 9.47. The van der Waals surface area contributed by atoms with E-state index in [2.05, 4.69) is 30.5 Å². The Bertz CT molecular complexity index is 1200. The number of nitrogens with zero attached hydrogens (tertiary/aromatic N) is 1. The average Bonchev–Trinajstić information content (AvgIpc) is 3.11.